The van der Waals surface area contributed by atoms with Crippen molar-refractivity contribution in [1.82, 2.24) is 9.55 Å². The molecule has 0 radical (unpaired) electrons. The summed E-state index contributed by atoms with van der Waals surface area (Å²) in [5.41, 5.74) is 1.37. The Bertz CT molecular complexity index is 602. The lowest BCUT2D eigenvalue weighted by molar-refractivity contribution is -0.0507. The molecule has 1 aliphatic heterocycles. The van der Waals surface area contributed by atoms with E-state index in [9.17, 15) is 10.2 Å². The first-order valence-electron chi connectivity index (χ1n) is 5.88. The molecule has 3 N–H and O–H groups in total. The number of benzene rings is 1. The normalized spacial score (nSPS) is 31.2. The van der Waals surface area contributed by atoms with Crippen LogP contribution in [-0.2, 0) is 4.74 Å². The van der Waals surface area contributed by atoms with Gasteiger partial charge in [0.05, 0.1) is 17.6 Å². The first-order chi connectivity index (χ1) is 9.13. The third-order valence-electron chi connectivity index (χ3n) is 3.32. The van der Waals surface area contributed by atoms with Gasteiger partial charge in [0.1, 0.15) is 18.3 Å². The van der Waals surface area contributed by atoms with E-state index in [4.69, 9.17) is 21.4 Å². The Kier molecular flexibility index (Phi) is 3.20. The van der Waals surface area contributed by atoms with Crippen LogP contribution in [0.4, 0.5) is 0 Å². The molecule has 1 saturated heterocycles. The van der Waals surface area contributed by atoms with E-state index in [-0.39, 0.29) is 11.9 Å². The van der Waals surface area contributed by atoms with E-state index in [1.807, 2.05) is 12.1 Å². The van der Waals surface area contributed by atoms with Gasteiger partial charge in [-0.05, 0) is 23.7 Å². The zero-order valence-corrected chi connectivity index (χ0v) is 10.6. The number of ether oxygens (including phenoxy) is 1. The van der Waals surface area contributed by atoms with Crippen molar-refractivity contribution in [3.05, 3.63) is 29.5 Å². The maximum Gasteiger partial charge on any atom is 0.205 e. The molecule has 7 heteroatoms. The monoisotopic (exact) mass is 284 g/mol. The first-order valence-corrected chi connectivity index (χ1v) is 6.26. The minimum Gasteiger partial charge on any atom is -0.394 e. The molecule has 19 heavy (non-hydrogen) atoms. The van der Waals surface area contributed by atoms with Crippen molar-refractivity contribution in [2.45, 2.75) is 24.5 Å². The van der Waals surface area contributed by atoms with E-state index in [0.29, 0.717) is 11.0 Å². The third kappa shape index (κ3) is 1.92. The molecule has 1 aromatic carbocycles. The van der Waals surface area contributed by atoms with Gasteiger partial charge < -0.3 is 20.1 Å². The summed E-state index contributed by atoms with van der Waals surface area (Å²) in [5, 5.41) is 29.1. The summed E-state index contributed by atoms with van der Waals surface area (Å²) < 4.78 is 6.97. The van der Waals surface area contributed by atoms with Gasteiger partial charge in [0.25, 0.3) is 0 Å². The van der Waals surface area contributed by atoms with Crippen LogP contribution in [0.25, 0.3) is 11.0 Å². The van der Waals surface area contributed by atoms with Crippen LogP contribution in [0.5, 0.6) is 0 Å². The molecule has 0 spiro atoms. The number of hydrogen-bond acceptors (Lipinski definition) is 5. The van der Waals surface area contributed by atoms with Crippen LogP contribution in [0.15, 0.2) is 24.3 Å². The molecular weight excluding hydrogens is 272 g/mol. The maximum absolute atomic E-state index is 10.0. The highest BCUT2D eigenvalue weighted by atomic mass is 35.5. The second-order valence-corrected chi connectivity index (χ2v) is 4.81. The van der Waals surface area contributed by atoms with Crippen LogP contribution in [-0.4, -0.2) is 49.8 Å². The largest absolute Gasteiger partial charge is 0.394 e. The van der Waals surface area contributed by atoms with Gasteiger partial charge in [-0.2, -0.15) is 0 Å². The number of aromatic nitrogens is 2. The van der Waals surface area contributed by atoms with Crippen molar-refractivity contribution in [2.24, 2.45) is 0 Å². The molecule has 6 nitrogen and oxygen atoms in total. The number of aliphatic hydroxyl groups excluding tert-OH is 3. The molecule has 0 saturated carbocycles. The molecule has 1 aliphatic rings. The highest BCUT2D eigenvalue weighted by Gasteiger charge is 2.44. The zero-order valence-electron chi connectivity index (χ0n) is 9.85. The van der Waals surface area contributed by atoms with Crippen molar-refractivity contribution < 1.29 is 20.1 Å². The predicted molar refractivity (Wildman–Crippen MR) is 67.8 cm³/mol. The molecule has 1 fully saturated rings. The zero-order chi connectivity index (χ0) is 13.6. The van der Waals surface area contributed by atoms with Crippen molar-refractivity contribution in [3.63, 3.8) is 0 Å². The van der Waals surface area contributed by atoms with Crippen molar-refractivity contribution >= 4 is 22.6 Å². The topological polar surface area (TPSA) is 87.7 Å². The molecule has 0 bridgehead atoms. The minimum absolute atomic E-state index is 0.163. The van der Waals surface area contributed by atoms with Gasteiger partial charge in [0.15, 0.2) is 6.23 Å². The lowest BCUT2D eigenvalue weighted by Gasteiger charge is -2.18. The molecule has 2 heterocycles. The smallest absolute Gasteiger partial charge is 0.205 e. The van der Waals surface area contributed by atoms with Gasteiger partial charge in [-0.25, -0.2) is 4.98 Å². The molecule has 1 aromatic heterocycles. The van der Waals surface area contributed by atoms with E-state index < -0.39 is 24.5 Å². The molecule has 3 rings (SSSR count). The number of halogens is 1. The van der Waals surface area contributed by atoms with E-state index in [1.54, 1.807) is 12.1 Å². The van der Waals surface area contributed by atoms with Gasteiger partial charge in [-0.1, -0.05) is 12.1 Å². The number of fused-ring (bicyclic) bond motifs is 1. The SMILES string of the molecule is OC[C@H]1OC(n2c(Cl)nc3ccccc32)[C@H](O)[C@@H]1O. The van der Waals surface area contributed by atoms with Crippen LogP contribution in [0, 0.1) is 0 Å². The van der Waals surface area contributed by atoms with Gasteiger partial charge in [-0.15, -0.1) is 0 Å². The fourth-order valence-electron chi connectivity index (χ4n) is 2.35. The van der Waals surface area contributed by atoms with Crippen LogP contribution >= 0.6 is 11.6 Å². The summed E-state index contributed by atoms with van der Waals surface area (Å²) in [5.74, 6) is 0. The molecule has 2 aromatic rings. The molecule has 0 amide bonds. The van der Waals surface area contributed by atoms with E-state index in [2.05, 4.69) is 4.98 Å². The summed E-state index contributed by atoms with van der Waals surface area (Å²) in [6.45, 7) is -0.376. The average molecular weight is 285 g/mol. The second-order valence-electron chi connectivity index (χ2n) is 4.47. The van der Waals surface area contributed by atoms with Crippen LogP contribution in [0.2, 0.25) is 5.28 Å². The quantitative estimate of drug-likeness (QED) is 0.738. The van der Waals surface area contributed by atoms with E-state index in [0.717, 1.165) is 0 Å². The summed E-state index contributed by atoms with van der Waals surface area (Å²) in [4.78, 5) is 4.16. The third-order valence-corrected chi connectivity index (χ3v) is 3.59. The highest BCUT2D eigenvalue weighted by Crippen LogP contribution is 2.34. The van der Waals surface area contributed by atoms with Crippen LogP contribution < -0.4 is 0 Å². The van der Waals surface area contributed by atoms with Gasteiger partial charge in [0, 0.05) is 0 Å². The summed E-state index contributed by atoms with van der Waals surface area (Å²) in [7, 11) is 0. The van der Waals surface area contributed by atoms with E-state index in [1.165, 1.54) is 4.57 Å². The molecule has 4 atom stereocenters. The Balaban J connectivity index is 2.07. The van der Waals surface area contributed by atoms with Gasteiger partial charge in [-0.3, -0.25) is 4.57 Å². The van der Waals surface area contributed by atoms with Crippen molar-refractivity contribution in [1.29, 1.82) is 0 Å². The summed E-state index contributed by atoms with van der Waals surface area (Å²) in [6.07, 6.45) is -4.04. The summed E-state index contributed by atoms with van der Waals surface area (Å²) in [6, 6.07) is 7.23. The highest BCUT2D eigenvalue weighted by molar-refractivity contribution is 6.29. The number of hydrogen-bond donors (Lipinski definition) is 3. The number of aliphatic hydroxyl groups is 3. The Morgan fingerprint density at radius 3 is 2.68 bits per heavy atom. The van der Waals surface area contributed by atoms with E-state index >= 15 is 0 Å². The minimum atomic E-state index is -1.17. The molecule has 102 valence electrons. The lowest BCUT2D eigenvalue weighted by atomic mass is 10.1. The second kappa shape index (κ2) is 4.73. The lowest BCUT2D eigenvalue weighted by Crippen LogP contribution is -2.33. The van der Waals surface area contributed by atoms with Crippen molar-refractivity contribution in [2.75, 3.05) is 6.61 Å². The van der Waals surface area contributed by atoms with Gasteiger partial charge in [0.2, 0.25) is 5.28 Å². The predicted octanol–water partition coefficient (Wildman–Crippen LogP) is 0.301. The number of imidazole rings is 1. The Morgan fingerprint density at radius 1 is 1.26 bits per heavy atom. The van der Waals surface area contributed by atoms with Crippen molar-refractivity contribution in [3.8, 4) is 0 Å². The molecule has 1 unspecified atom stereocenters. The fraction of sp³-hybridized carbons (Fsp3) is 0.417. The Morgan fingerprint density at radius 2 is 2.00 bits per heavy atom. The number of para-hydroxylation sites is 2. The number of rotatable bonds is 2. The Hall–Kier alpha value is -1.18. The van der Waals surface area contributed by atoms with Crippen LogP contribution in [0.3, 0.4) is 0 Å². The molecule has 0 aliphatic carbocycles. The molecular formula is C12H13ClN2O4. The first kappa shape index (κ1) is 12.8. The summed E-state index contributed by atoms with van der Waals surface area (Å²) >= 11 is 6.07. The van der Waals surface area contributed by atoms with Crippen LogP contribution in [0.1, 0.15) is 6.23 Å². The maximum atomic E-state index is 10.0. The van der Waals surface area contributed by atoms with Gasteiger partial charge >= 0.3 is 0 Å². The fourth-order valence-corrected chi connectivity index (χ4v) is 2.63. The average Bonchev–Trinajstić information content (AvgIpc) is 2.88. The number of nitrogens with zero attached hydrogens (tertiary/aromatic N) is 2. The Labute approximate surface area is 113 Å². The standard InChI is InChI=1S/C12H13ClN2O4/c13-12-14-6-3-1-2-4-7(6)15(12)11-10(18)9(17)8(5-16)19-11/h1-4,8-11,16-18H,5H2/t8-,9-,10-,11?/m1/s1.